The van der Waals surface area contributed by atoms with E-state index in [1.165, 1.54) is 37.2 Å². The molecule has 0 atom stereocenters. The van der Waals surface area contributed by atoms with E-state index in [2.05, 4.69) is 84.3 Å². The average molecular weight is 322 g/mol. The van der Waals surface area contributed by atoms with Gasteiger partial charge in [-0.15, -0.1) is 0 Å². The zero-order chi connectivity index (χ0) is 16.8. The van der Waals surface area contributed by atoms with E-state index in [-0.39, 0.29) is 0 Å². The Morgan fingerprint density at radius 2 is 1.25 bits per heavy atom. The summed E-state index contributed by atoms with van der Waals surface area (Å²) in [7, 11) is 0. The maximum atomic E-state index is 2.65. The van der Waals surface area contributed by atoms with Gasteiger partial charge in [-0.25, -0.2) is 0 Å². The number of hydrogen-bond donors (Lipinski definition) is 0. The van der Waals surface area contributed by atoms with Gasteiger partial charge in [0, 0.05) is 26.2 Å². The molecule has 0 unspecified atom stereocenters. The van der Waals surface area contributed by atoms with Gasteiger partial charge in [0.05, 0.1) is 6.04 Å². The summed E-state index contributed by atoms with van der Waals surface area (Å²) in [6.45, 7) is 10.5. The molecule has 128 valence electrons. The average Bonchev–Trinajstić information content (AvgIpc) is 2.63. The lowest BCUT2D eigenvalue weighted by Gasteiger charge is -2.40. The minimum Gasteiger partial charge on any atom is -0.301 e. The van der Waals surface area contributed by atoms with E-state index >= 15 is 0 Å². The molecule has 0 N–H and O–H groups in total. The van der Waals surface area contributed by atoms with E-state index in [4.69, 9.17) is 0 Å². The van der Waals surface area contributed by atoms with Crippen LogP contribution in [0.1, 0.15) is 37.4 Å². The highest BCUT2D eigenvalue weighted by Gasteiger charge is 2.26. The van der Waals surface area contributed by atoms with Crippen molar-refractivity contribution in [3.05, 3.63) is 71.8 Å². The molecule has 1 aliphatic rings. The summed E-state index contributed by atoms with van der Waals surface area (Å²) in [5.41, 5.74) is 2.80. The first kappa shape index (κ1) is 17.2. The topological polar surface area (TPSA) is 6.48 Å². The molecule has 0 saturated carbocycles. The predicted molar refractivity (Wildman–Crippen MR) is 102 cm³/mol. The Morgan fingerprint density at radius 1 is 0.750 bits per heavy atom. The number of nitrogens with zero attached hydrogens (tertiary/aromatic N) is 2. The molecule has 0 aromatic heterocycles. The van der Waals surface area contributed by atoms with Crippen molar-refractivity contribution >= 4 is 0 Å². The lowest BCUT2D eigenvalue weighted by atomic mass is 9.96. The quantitative estimate of drug-likeness (QED) is 0.776. The first-order chi connectivity index (χ1) is 11.7. The van der Waals surface area contributed by atoms with Gasteiger partial charge in [0.1, 0.15) is 0 Å². The van der Waals surface area contributed by atoms with E-state index < -0.39 is 0 Å². The van der Waals surface area contributed by atoms with Crippen LogP contribution in [0.15, 0.2) is 60.7 Å². The predicted octanol–water partition coefficient (Wildman–Crippen LogP) is 4.44. The van der Waals surface area contributed by atoms with Crippen molar-refractivity contribution in [3.8, 4) is 0 Å². The van der Waals surface area contributed by atoms with E-state index in [0.717, 1.165) is 19.0 Å². The third-order valence-electron chi connectivity index (χ3n) is 5.03. The molecule has 0 radical (unpaired) electrons. The van der Waals surface area contributed by atoms with E-state index in [0.29, 0.717) is 6.04 Å². The van der Waals surface area contributed by atoms with Gasteiger partial charge in [-0.3, -0.25) is 4.90 Å². The van der Waals surface area contributed by atoms with Crippen LogP contribution in [0.2, 0.25) is 0 Å². The highest BCUT2D eigenvalue weighted by atomic mass is 15.3. The Bertz CT molecular complexity index is 546. The van der Waals surface area contributed by atoms with Crippen molar-refractivity contribution in [2.45, 2.75) is 26.3 Å². The maximum Gasteiger partial charge on any atom is 0.0602 e. The highest BCUT2D eigenvalue weighted by molar-refractivity contribution is 5.31. The zero-order valence-electron chi connectivity index (χ0n) is 15.1. The van der Waals surface area contributed by atoms with E-state index in [1.54, 1.807) is 0 Å². The molecule has 2 aromatic rings. The van der Waals surface area contributed by atoms with Crippen LogP contribution >= 0.6 is 0 Å². The van der Waals surface area contributed by atoms with Gasteiger partial charge in [0.2, 0.25) is 0 Å². The molecule has 1 aliphatic heterocycles. The molecule has 2 aromatic carbocycles. The Morgan fingerprint density at radius 3 is 1.71 bits per heavy atom. The van der Waals surface area contributed by atoms with Crippen LogP contribution in [-0.2, 0) is 0 Å². The van der Waals surface area contributed by atoms with E-state index in [9.17, 15) is 0 Å². The summed E-state index contributed by atoms with van der Waals surface area (Å²) in [6.07, 6.45) is 1.31. The summed E-state index contributed by atoms with van der Waals surface area (Å²) in [5, 5.41) is 0. The van der Waals surface area contributed by atoms with Crippen molar-refractivity contribution in [1.29, 1.82) is 0 Å². The van der Waals surface area contributed by atoms with Crippen molar-refractivity contribution < 1.29 is 0 Å². The molecular formula is C22H30N2. The summed E-state index contributed by atoms with van der Waals surface area (Å²) < 4.78 is 0. The number of hydrogen-bond acceptors (Lipinski definition) is 2. The van der Waals surface area contributed by atoms with Crippen LogP contribution in [0, 0.1) is 5.92 Å². The smallest absolute Gasteiger partial charge is 0.0602 e. The van der Waals surface area contributed by atoms with Crippen LogP contribution in [0.3, 0.4) is 0 Å². The van der Waals surface area contributed by atoms with Gasteiger partial charge < -0.3 is 4.90 Å². The van der Waals surface area contributed by atoms with Crippen LogP contribution < -0.4 is 0 Å². The van der Waals surface area contributed by atoms with Crippen LogP contribution in [0.4, 0.5) is 0 Å². The second-order valence-electron chi connectivity index (χ2n) is 7.28. The molecule has 0 amide bonds. The molecule has 2 nitrogen and oxygen atoms in total. The molecule has 1 saturated heterocycles. The molecule has 24 heavy (non-hydrogen) atoms. The van der Waals surface area contributed by atoms with Gasteiger partial charge in [0.15, 0.2) is 0 Å². The van der Waals surface area contributed by atoms with Crippen LogP contribution in [-0.4, -0.2) is 42.5 Å². The molecule has 1 fully saturated rings. The van der Waals surface area contributed by atoms with Gasteiger partial charge in [-0.1, -0.05) is 74.5 Å². The fourth-order valence-electron chi connectivity index (χ4n) is 3.57. The SMILES string of the molecule is CC(C)CCN1CCN(C(c2ccccc2)c2ccccc2)CC1. The summed E-state index contributed by atoms with van der Waals surface area (Å²) in [4.78, 5) is 5.28. The van der Waals surface area contributed by atoms with Gasteiger partial charge in [-0.2, -0.15) is 0 Å². The minimum absolute atomic E-state index is 0.375. The Labute approximate surface area is 147 Å². The highest BCUT2D eigenvalue weighted by Crippen LogP contribution is 2.29. The molecule has 1 heterocycles. The molecular weight excluding hydrogens is 292 g/mol. The Kier molecular flexibility index (Phi) is 6.06. The summed E-state index contributed by atoms with van der Waals surface area (Å²) >= 11 is 0. The third-order valence-corrected chi connectivity index (χ3v) is 5.03. The van der Waals surface area contributed by atoms with Crippen molar-refractivity contribution in [3.63, 3.8) is 0 Å². The fourth-order valence-corrected chi connectivity index (χ4v) is 3.57. The van der Waals surface area contributed by atoms with Crippen LogP contribution in [0.25, 0.3) is 0 Å². The molecule has 0 aliphatic carbocycles. The van der Waals surface area contributed by atoms with Crippen molar-refractivity contribution in [2.75, 3.05) is 32.7 Å². The van der Waals surface area contributed by atoms with Gasteiger partial charge in [-0.05, 0) is 30.0 Å². The minimum atomic E-state index is 0.375. The first-order valence-corrected chi connectivity index (χ1v) is 9.30. The van der Waals surface area contributed by atoms with Crippen LogP contribution in [0.5, 0.6) is 0 Å². The number of benzene rings is 2. The normalized spacial score (nSPS) is 16.8. The molecule has 2 heteroatoms. The standard InChI is InChI=1S/C22H30N2/c1-19(2)13-14-23-15-17-24(18-16-23)22(20-9-5-3-6-10-20)21-11-7-4-8-12-21/h3-12,19,22H,13-18H2,1-2H3. The summed E-state index contributed by atoms with van der Waals surface area (Å²) in [6, 6.07) is 22.3. The lowest BCUT2D eigenvalue weighted by molar-refractivity contribution is 0.106. The zero-order valence-corrected chi connectivity index (χ0v) is 15.1. The van der Waals surface area contributed by atoms with Crippen molar-refractivity contribution in [2.24, 2.45) is 5.92 Å². The Hall–Kier alpha value is -1.64. The second kappa shape index (κ2) is 8.46. The number of rotatable bonds is 6. The summed E-state index contributed by atoms with van der Waals surface area (Å²) in [5.74, 6) is 0.796. The van der Waals surface area contributed by atoms with Crippen molar-refractivity contribution in [1.82, 2.24) is 9.80 Å². The molecule has 3 rings (SSSR count). The largest absolute Gasteiger partial charge is 0.301 e. The molecule has 0 spiro atoms. The van der Waals surface area contributed by atoms with E-state index in [1.807, 2.05) is 0 Å². The monoisotopic (exact) mass is 322 g/mol. The van der Waals surface area contributed by atoms with Gasteiger partial charge >= 0.3 is 0 Å². The second-order valence-corrected chi connectivity index (χ2v) is 7.28. The third kappa shape index (κ3) is 4.46. The molecule has 0 bridgehead atoms. The fraction of sp³-hybridized carbons (Fsp3) is 0.455. The first-order valence-electron chi connectivity index (χ1n) is 9.30. The Balaban J connectivity index is 1.71. The lowest BCUT2D eigenvalue weighted by Crippen LogP contribution is -2.48. The maximum absolute atomic E-state index is 2.65. The van der Waals surface area contributed by atoms with Gasteiger partial charge in [0.25, 0.3) is 0 Å². The number of piperazine rings is 1.